The first-order chi connectivity index (χ1) is 21.0. The van der Waals surface area contributed by atoms with Crippen LogP contribution < -0.4 is 10.6 Å². The van der Waals surface area contributed by atoms with E-state index in [9.17, 15) is 14.7 Å². The summed E-state index contributed by atoms with van der Waals surface area (Å²) in [5, 5.41) is 21.2. The lowest BCUT2D eigenvalue weighted by molar-refractivity contribution is 0.0526. The van der Waals surface area contributed by atoms with Gasteiger partial charge in [-0.15, -0.1) is 0 Å². The zero-order chi connectivity index (χ0) is 31.7. The fourth-order valence-corrected chi connectivity index (χ4v) is 6.08. The summed E-state index contributed by atoms with van der Waals surface area (Å²) in [5.74, 6) is 1.26. The third kappa shape index (κ3) is 10.5. The van der Waals surface area contributed by atoms with Crippen molar-refractivity contribution in [2.45, 2.75) is 122 Å². The highest BCUT2D eigenvalue weighted by Gasteiger charge is 2.30. The predicted octanol–water partition coefficient (Wildman–Crippen LogP) is 7.05. The summed E-state index contributed by atoms with van der Waals surface area (Å²) in [4.78, 5) is 34.6. The number of amides is 2. The quantitative estimate of drug-likeness (QED) is 0.178. The largest absolute Gasteiger partial charge is 0.465 e. The van der Waals surface area contributed by atoms with Crippen LogP contribution in [-0.4, -0.2) is 72.7 Å². The molecule has 0 radical (unpaired) electrons. The van der Waals surface area contributed by atoms with Gasteiger partial charge in [-0.2, -0.15) is 5.10 Å². The minimum Gasteiger partial charge on any atom is -0.465 e. The second-order valence-electron chi connectivity index (χ2n) is 13.3. The van der Waals surface area contributed by atoms with Crippen LogP contribution in [0.1, 0.15) is 104 Å². The van der Waals surface area contributed by atoms with E-state index in [1.165, 1.54) is 12.8 Å². The summed E-state index contributed by atoms with van der Waals surface area (Å²) >= 11 is 6.54. The third-order valence-electron chi connectivity index (χ3n) is 8.45. The summed E-state index contributed by atoms with van der Waals surface area (Å²) in [6, 6.07) is 0.215. The molecule has 2 saturated carbocycles. The Morgan fingerprint density at radius 2 is 1.73 bits per heavy atom. The Balaban J connectivity index is 1.16. The van der Waals surface area contributed by atoms with Crippen molar-refractivity contribution in [3.63, 3.8) is 0 Å². The van der Waals surface area contributed by atoms with Crippen molar-refractivity contribution < 1.29 is 19.4 Å². The number of hydrogen-bond acceptors (Lipinski definition) is 7. The van der Waals surface area contributed by atoms with Gasteiger partial charge in [0.1, 0.15) is 5.60 Å². The molecule has 2 amide bonds. The zero-order valence-corrected chi connectivity index (χ0v) is 27.5. The van der Waals surface area contributed by atoms with Gasteiger partial charge in [-0.25, -0.2) is 19.6 Å². The summed E-state index contributed by atoms with van der Waals surface area (Å²) in [5.41, 5.74) is 2.34. The highest BCUT2D eigenvalue weighted by atomic mass is 35.5. The standard InChI is InChI=1S/C32H50ClN7O4/c1-32(2,3)44-30(41)34-17-9-7-5-6-8-10-18-40(31(42)43)24-15-13-23(14-16-24)37-29-35-21-26(33)28(38-29)25-20-36-39(4)27(25)19-22-11-12-22/h20-24H,5-19H2,1-4H3,(H,34,41)(H,42,43)(H,35,37,38)/t23-,24-. The molecule has 2 aromatic heterocycles. The molecule has 2 aliphatic rings. The van der Waals surface area contributed by atoms with Crippen LogP contribution in [0.3, 0.4) is 0 Å². The van der Waals surface area contributed by atoms with Crippen LogP contribution in [0.4, 0.5) is 15.5 Å². The summed E-state index contributed by atoms with van der Waals surface area (Å²) < 4.78 is 7.16. The Hall–Kier alpha value is -3.08. The highest BCUT2D eigenvalue weighted by Crippen LogP contribution is 2.37. The molecule has 0 bridgehead atoms. The predicted molar refractivity (Wildman–Crippen MR) is 172 cm³/mol. The van der Waals surface area contributed by atoms with E-state index in [0.717, 1.165) is 81.9 Å². The number of anilines is 1. The second-order valence-corrected chi connectivity index (χ2v) is 13.7. The van der Waals surface area contributed by atoms with E-state index in [4.69, 9.17) is 21.3 Å². The maximum absolute atomic E-state index is 12.1. The van der Waals surface area contributed by atoms with Gasteiger partial charge in [-0.05, 0) is 84.5 Å². The Labute approximate surface area is 266 Å². The smallest absolute Gasteiger partial charge is 0.407 e. The monoisotopic (exact) mass is 631 g/mol. The third-order valence-corrected chi connectivity index (χ3v) is 8.73. The van der Waals surface area contributed by atoms with Crippen LogP contribution in [0.15, 0.2) is 12.4 Å². The number of nitrogens with zero attached hydrogens (tertiary/aromatic N) is 5. The first-order valence-corrected chi connectivity index (χ1v) is 16.6. The van der Waals surface area contributed by atoms with Gasteiger partial charge in [-0.1, -0.05) is 37.3 Å². The van der Waals surface area contributed by atoms with Gasteiger partial charge in [0.15, 0.2) is 0 Å². The lowest BCUT2D eigenvalue weighted by Gasteiger charge is -2.35. The summed E-state index contributed by atoms with van der Waals surface area (Å²) in [6.07, 6.45) is 15.0. The lowest BCUT2D eigenvalue weighted by atomic mass is 9.90. The minimum atomic E-state index is -0.834. The molecule has 4 rings (SSSR count). The summed E-state index contributed by atoms with van der Waals surface area (Å²) in [6.45, 7) is 6.72. The molecular formula is C32H50ClN7O4. The highest BCUT2D eigenvalue weighted by molar-refractivity contribution is 6.33. The molecule has 0 unspecified atom stereocenters. The molecule has 11 nitrogen and oxygen atoms in total. The van der Waals surface area contributed by atoms with Gasteiger partial charge in [0.05, 0.1) is 23.1 Å². The van der Waals surface area contributed by atoms with Crippen molar-refractivity contribution in [2.24, 2.45) is 13.0 Å². The number of aromatic nitrogens is 4. The van der Waals surface area contributed by atoms with Crippen molar-refractivity contribution in [1.29, 1.82) is 0 Å². The Bertz CT molecular complexity index is 1240. The SMILES string of the molecule is Cn1ncc(-c2nc(N[C@H]3CC[C@H](N(CCCCCCCCNC(=O)OC(C)(C)C)C(=O)O)CC3)ncc2Cl)c1CC1CC1. The molecule has 0 atom stereocenters. The van der Waals surface area contributed by atoms with Crippen molar-refractivity contribution in [3.05, 3.63) is 23.1 Å². The Morgan fingerprint density at radius 3 is 2.39 bits per heavy atom. The number of aryl methyl sites for hydroxylation is 1. The van der Waals surface area contributed by atoms with Gasteiger partial charge in [-0.3, -0.25) is 4.68 Å². The van der Waals surface area contributed by atoms with Crippen LogP contribution in [0, 0.1) is 5.92 Å². The maximum atomic E-state index is 12.1. The van der Waals surface area contributed by atoms with Crippen molar-refractivity contribution in [2.75, 3.05) is 18.4 Å². The van der Waals surface area contributed by atoms with Gasteiger partial charge in [0.25, 0.3) is 0 Å². The van der Waals surface area contributed by atoms with E-state index in [-0.39, 0.29) is 18.2 Å². The number of alkyl carbamates (subject to hydrolysis) is 1. The van der Waals surface area contributed by atoms with Crippen molar-refractivity contribution in [3.8, 4) is 11.3 Å². The number of carboxylic acid groups (broad SMARTS) is 1. The number of hydrogen-bond donors (Lipinski definition) is 3. The van der Waals surface area contributed by atoms with E-state index < -0.39 is 11.7 Å². The van der Waals surface area contributed by atoms with Gasteiger partial charge in [0.2, 0.25) is 5.95 Å². The van der Waals surface area contributed by atoms with Crippen molar-refractivity contribution >= 4 is 29.7 Å². The fourth-order valence-electron chi connectivity index (χ4n) is 5.89. The molecule has 2 heterocycles. The molecule has 12 heteroatoms. The fraction of sp³-hybridized carbons (Fsp3) is 0.719. The lowest BCUT2D eigenvalue weighted by Crippen LogP contribution is -2.44. The molecule has 0 spiro atoms. The molecule has 3 N–H and O–H groups in total. The molecule has 0 aliphatic heterocycles. The number of nitrogens with one attached hydrogen (secondary N) is 2. The molecule has 0 aromatic carbocycles. The Kier molecular flexibility index (Phi) is 12.1. The zero-order valence-electron chi connectivity index (χ0n) is 26.8. The second kappa shape index (κ2) is 15.8. The van der Waals surface area contributed by atoms with Crippen LogP contribution in [0.5, 0.6) is 0 Å². The topological polar surface area (TPSA) is 135 Å². The number of carbonyl (C=O) groups is 2. The first-order valence-electron chi connectivity index (χ1n) is 16.3. The number of ether oxygens (including phenoxy) is 1. The van der Waals surface area contributed by atoms with E-state index >= 15 is 0 Å². The molecule has 2 fully saturated rings. The van der Waals surface area contributed by atoms with E-state index in [0.29, 0.717) is 35.7 Å². The van der Waals surface area contributed by atoms with E-state index in [1.807, 2.05) is 38.7 Å². The number of halogens is 1. The van der Waals surface area contributed by atoms with Gasteiger partial charge < -0.3 is 25.4 Å². The van der Waals surface area contributed by atoms with Crippen LogP contribution in [0.2, 0.25) is 5.02 Å². The molecule has 2 aromatic rings. The van der Waals surface area contributed by atoms with Crippen LogP contribution in [-0.2, 0) is 18.2 Å². The Morgan fingerprint density at radius 1 is 1.05 bits per heavy atom. The van der Waals surface area contributed by atoms with Gasteiger partial charge in [0, 0.05) is 43.5 Å². The minimum absolute atomic E-state index is 0.0338. The van der Waals surface area contributed by atoms with Gasteiger partial charge >= 0.3 is 12.2 Å². The number of rotatable bonds is 15. The van der Waals surface area contributed by atoms with Crippen LogP contribution in [0.25, 0.3) is 11.3 Å². The summed E-state index contributed by atoms with van der Waals surface area (Å²) in [7, 11) is 1.96. The molecule has 244 valence electrons. The first kappa shape index (κ1) is 33.8. The average molecular weight is 632 g/mol. The average Bonchev–Trinajstić information content (AvgIpc) is 3.71. The van der Waals surface area contributed by atoms with Crippen molar-refractivity contribution in [1.82, 2.24) is 30.0 Å². The van der Waals surface area contributed by atoms with E-state index in [1.54, 1.807) is 11.1 Å². The maximum Gasteiger partial charge on any atom is 0.407 e. The van der Waals surface area contributed by atoms with Crippen LogP contribution >= 0.6 is 11.6 Å². The normalized spacial score (nSPS) is 18.6. The number of unbranched alkanes of at least 4 members (excludes halogenated alkanes) is 5. The molecule has 2 aliphatic carbocycles. The molecular weight excluding hydrogens is 582 g/mol. The number of carbonyl (C=O) groups excluding carboxylic acids is 1. The van der Waals surface area contributed by atoms with E-state index in [2.05, 4.69) is 20.7 Å². The molecule has 44 heavy (non-hydrogen) atoms. The molecule has 0 saturated heterocycles.